The van der Waals surface area contributed by atoms with Gasteiger partial charge in [0.2, 0.25) is 0 Å². The van der Waals surface area contributed by atoms with E-state index in [1.54, 1.807) is 37.3 Å². The summed E-state index contributed by atoms with van der Waals surface area (Å²) in [5.74, 6) is -0.516. The fourth-order valence-corrected chi connectivity index (χ4v) is 5.73. The lowest BCUT2D eigenvalue weighted by Gasteiger charge is -2.51. The fraction of sp³-hybridized carbons (Fsp3) is 0.367. The second kappa shape index (κ2) is 11.3. The van der Waals surface area contributed by atoms with Crippen LogP contribution in [0.25, 0.3) is 0 Å². The Balaban J connectivity index is 1.60. The molecular formula is C30H30Cl2N2O5. The third-order valence-electron chi connectivity index (χ3n) is 7.52. The van der Waals surface area contributed by atoms with E-state index >= 15 is 0 Å². The monoisotopic (exact) mass is 568 g/mol. The molecule has 2 unspecified atom stereocenters. The van der Waals surface area contributed by atoms with E-state index in [1.807, 2.05) is 35.2 Å². The van der Waals surface area contributed by atoms with Crippen LogP contribution in [0.1, 0.15) is 59.1 Å². The van der Waals surface area contributed by atoms with Crippen molar-refractivity contribution in [2.24, 2.45) is 5.92 Å². The van der Waals surface area contributed by atoms with E-state index in [0.717, 1.165) is 24.0 Å². The highest BCUT2D eigenvalue weighted by Gasteiger charge is 2.54. The molecule has 1 aliphatic heterocycles. The summed E-state index contributed by atoms with van der Waals surface area (Å²) in [5.41, 5.74) is 1.25. The van der Waals surface area contributed by atoms with Crippen LogP contribution in [-0.2, 0) is 20.7 Å². The van der Waals surface area contributed by atoms with Crippen molar-refractivity contribution in [1.29, 1.82) is 0 Å². The van der Waals surface area contributed by atoms with Gasteiger partial charge in [0.05, 0.1) is 31.4 Å². The number of aliphatic hydroxyl groups is 1. The van der Waals surface area contributed by atoms with Gasteiger partial charge in [-0.25, -0.2) is 4.79 Å². The van der Waals surface area contributed by atoms with Crippen LogP contribution in [0.4, 0.5) is 0 Å². The molecule has 0 spiro atoms. The molecule has 0 radical (unpaired) electrons. The molecule has 1 N–H and O–H groups in total. The molecule has 1 amide bonds. The van der Waals surface area contributed by atoms with Gasteiger partial charge < -0.3 is 19.5 Å². The summed E-state index contributed by atoms with van der Waals surface area (Å²) in [4.78, 5) is 32.6. The molecule has 1 saturated carbocycles. The van der Waals surface area contributed by atoms with E-state index in [2.05, 4.69) is 4.98 Å². The number of carbonyl (C=O) groups is 2. The topological polar surface area (TPSA) is 89.0 Å². The number of nitrogens with zero attached hydrogens (tertiary/aromatic N) is 2. The van der Waals surface area contributed by atoms with Crippen LogP contribution in [-0.4, -0.2) is 52.2 Å². The fourth-order valence-electron chi connectivity index (χ4n) is 5.40. The highest BCUT2D eigenvalue weighted by Crippen LogP contribution is 2.50. The van der Waals surface area contributed by atoms with Gasteiger partial charge in [-0.1, -0.05) is 47.5 Å². The predicted octanol–water partition coefficient (Wildman–Crippen LogP) is 5.59. The first-order valence-electron chi connectivity index (χ1n) is 12.9. The maximum Gasteiger partial charge on any atom is 0.339 e. The Hall–Kier alpha value is -2.97. The van der Waals surface area contributed by atoms with Gasteiger partial charge in [0.15, 0.2) is 5.60 Å². The number of morpholine rings is 1. The number of aromatic nitrogens is 1. The number of ether oxygens (including phenoxy) is 2. The molecule has 3 aromatic rings. The zero-order valence-electron chi connectivity index (χ0n) is 21.7. The summed E-state index contributed by atoms with van der Waals surface area (Å²) in [6.07, 6.45) is 2.89. The summed E-state index contributed by atoms with van der Waals surface area (Å²) >= 11 is 12.6. The van der Waals surface area contributed by atoms with Crippen LogP contribution in [0.2, 0.25) is 10.0 Å². The maximum atomic E-state index is 14.4. The molecule has 1 saturated heterocycles. The first-order chi connectivity index (χ1) is 18.7. The molecule has 4 atom stereocenters. The molecule has 1 aliphatic carbocycles. The summed E-state index contributed by atoms with van der Waals surface area (Å²) in [6, 6.07) is 17.2. The highest BCUT2D eigenvalue weighted by molar-refractivity contribution is 6.30. The Kier molecular flexibility index (Phi) is 7.96. The molecular weight excluding hydrogens is 539 g/mol. The molecule has 5 rings (SSSR count). The van der Waals surface area contributed by atoms with Gasteiger partial charge in [-0.3, -0.25) is 9.78 Å². The zero-order chi connectivity index (χ0) is 27.7. The number of hydrogen-bond donors (Lipinski definition) is 1. The number of methoxy groups -OCH3 is 1. The van der Waals surface area contributed by atoms with Gasteiger partial charge in [0, 0.05) is 28.4 Å². The third kappa shape index (κ3) is 5.68. The van der Waals surface area contributed by atoms with E-state index in [4.69, 9.17) is 32.7 Å². The number of amides is 1. The molecule has 2 heterocycles. The minimum Gasteiger partial charge on any atom is -0.465 e. The van der Waals surface area contributed by atoms with Crippen LogP contribution in [0.5, 0.6) is 0 Å². The molecule has 9 heteroatoms. The second-order valence-electron chi connectivity index (χ2n) is 10.3. The molecule has 2 fully saturated rings. The largest absolute Gasteiger partial charge is 0.465 e. The van der Waals surface area contributed by atoms with Gasteiger partial charge >= 0.3 is 5.97 Å². The van der Waals surface area contributed by atoms with Gasteiger partial charge in [-0.15, -0.1) is 0 Å². The van der Waals surface area contributed by atoms with Crippen molar-refractivity contribution in [2.45, 2.75) is 50.0 Å². The number of rotatable bonds is 8. The first-order valence-corrected chi connectivity index (χ1v) is 13.7. The number of benzene rings is 2. The standard InChI is InChI=1S/C30H30Cl2N2O5/c1-30(15-24-13-10-21(16-33-24)28(36)38-2)29(37)34(25(17-35)18-6-7-18)26(19-8-11-22(31)12-9-19)27(39-30)20-4-3-5-23(32)14-20/h3-5,8-14,16,18,25-27,35H,6-7,15,17H2,1-2H3/t25?,26?,27-,30-/m1/s1. The third-order valence-corrected chi connectivity index (χ3v) is 8.01. The van der Waals surface area contributed by atoms with Crippen molar-refractivity contribution in [3.8, 4) is 0 Å². The predicted molar refractivity (Wildman–Crippen MR) is 148 cm³/mol. The van der Waals surface area contributed by atoms with Crippen LogP contribution in [0, 0.1) is 5.92 Å². The Bertz CT molecular complexity index is 1350. The molecule has 204 valence electrons. The lowest BCUT2D eigenvalue weighted by molar-refractivity contribution is -0.205. The van der Waals surface area contributed by atoms with Gasteiger partial charge in [0.1, 0.15) is 6.10 Å². The molecule has 7 nitrogen and oxygen atoms in total. The van der Waals surface area contributed by atoms with Crippen LogP contribution in [0.3, 0.4) is 0 Å². The minimum absolute atomic E-state index is 0.162. The van der Waals surface area contributed by atoms with Gasteiger partial charge in [-0.2, -0.15) is 0 Å². The molecule has 1 aromatic heterocycles. The normalized spacial score (nSPS) is 23.9. The summed E-state index contributed by atoms with van der Waals surface area (Å²) in [7, 11) is 1.31. The summed E-state index contributed by atoms with van der Waals surface area (Å²) < 4.78 is 11.5. The van der Waals surface area contributed by atoms with E-state index in [1.165, 1.54) is 13.3 Å². The van der Waals surface area contributed by atoms with Gasteiger partial charge in [-0.05, 0) is 73.2 Å². The smallest absolute Gasteiger partial charge is 0.339 e. The average Bonchev–Trinajstić information content (AvgIpc) is 3.77. The van der Waals surface area contributed by atoms with Gasteiger partial charge in [0.25, 0.3) is 5.91 Å². The summed E-state index contributed by atoms with van der Waals surface area (Å²) in [6.45, 7) is 1.60. The minimum atomic E-state index is -1.31. The number of pyridine rings is 1. The van der Waals surface area contributed by atoms with E-state index in [-0.39, 0.29) is 30.9 Å². The van der Waals surface area contributed by atoms with Crippen molar-refractivity contribution in [2.75, 3.05) is 13.7 Å². The lowest BCUT2D eigenvalue weighted by Crippen LogP contribution is -2.62. The second-order valence-corrected chi connectivity index (χ2v) is 11.2. The van der Waals surface area contributed by atoms with Crippen molar-refractivity contribution in [3.05, 3.63) is 99.3 Å². The van der Waals surface area contributed by atoms with E-state index < -0.39 is 23.7 Å². The van der Waals surface area contributed by atoms with E-state index in [0.29, 0.717) is 21.3 Å². The van der Waals surface area contributed by atoms with Crippen LogP contribution >= 0.6 is 23.2 Å². The number of halogens is 2. The van der Waals surface area contributed by atoms with Crippen molar-refractivity contribution >= 4 is 35.1 Å². The van der Waals surface area contributed by atoms with Crippen molar-refractivity contribution < 1.29 is 24.2 Å². The van der Waals surface area contributed by atoms with Crippen LogP contribution in [0.15, 0.2) is 66.9 Å². The molecule has 0 bridgehead atoms. The quantitative estimate of drug-likeness (QED) is 0.356. The maximum absolute atomic E-state index is 14.4. The highest BCUT2D eigenvalue weighted by atomic mass is 35.5. The Morgan fingerprint density at radius 1 is 1.13 bits per heavy atom. The summed E-state index contributed by atoms with van der Waals surface area (Å²) in [5, 5.41) is 11.7. The van der Waals surface area contributed by atoms with Crippen LogP contribution < -0.4 is 0 Å². The number of carbonyl (C=O) groups excluding carboxylic acids is 2. The number of esters is 1. The average molecular weight is 569 g/mol. The van der Waals surface area contributed by atoms with Crippen molar-refractivity contribution in [1.82, 2.24) is 9.88 Å². The Morgan fingerprint density at radius 3 is 2.46 bits per heavy atom. The van der Waals surface area contributed by atoms with Crippen molar-refractivity contribution in [3.63, 3.8) is 0 Å². The molecule has 2 aromatic carbocycles. The molecule has 2 aliphatic rings. The number of aliphatic hydroxyl groups excluding tert-OH is 1. The Labute approximate surface area is 237 Å². The Morgan fingerprint density at radius 2 is 1.87 bits per heavy atom. The SMILES string of the molecule is COC(=O)c1ccc(C[C@@]2(C)O[C@H](c3cccc(Cl)c3)C(c3ccc(Cl)cc3)N(C(CO)C3CC3)C2=O)nc1. The van der Waals surface area contributed by atoms with E-state index in [9.17, 15) is 14.7 Å². The lowest BCUT2D eigenvalue weighted by atomic mass is 9.85. The molecule has 39 heavy (non-hydrogen) atoms. The zero-order valence-corrected chi connectivity index (χ0v) is 23.2. The first kappa shape index (κ1) is 27.6. The number of hydrogen-bond acceptors (Lipinski definition) is 6.